The molecule has 0 aromatic heterocycles. The highest BCUT2D eigenvalue weighted by Crippen LogP contribution is 2.22. The standard InChI is InChI=1S/C8H15IO4S/c1-12-3-2-4-13-8-6-14(10,11)5-7(8)9/h7-8H,2-6H2,1H3. The fourth-order valence-corrected chi connectivity index (χ4v) is 5.48. The zero-order valence-corrected chi connectivity index (χ0v) is 11.1. The molecule has 84 valence electrons. The maximum atomic E-state index is 11.2. The highest BCUT2D eigenvalue weighted by atomic mass is 127. The van der Waals surface area contributed by atoms with E-state index in [-0.39, 0.29) is 21.5 Å². The maximum Gasteiger partial charge on any atom is 0.154 e. The molecule has 0 aliphatic carbocycles. The Morgan fingerprint density at radius 3 is 2.57 bits per heavy atom. The Kier molecular flexibility index (Phi) is 5.09. The van der Waals surface area contributed by atoms with Crippen LogP contribution in [0.1, 0.15) is 6.42 Å². The summed E-state index contributed by atoms with van der Waals surface area (Å²) in [5.74, 6) is 0.427. The normalized spacial score (nSPS) is 30.7. The molecule has 0 saturated carbocycles. The van der Waals surface area contributed by atoms with Gasteiger partial charge in [0, 0.05) is 20.3 Å². The molecule has 0 bridgehead atoms. The highest BCUT2D eigenvalue weighted by molar-refractivity contribution is 14.1. The second-order valence-electron chi connectivity index (χ2n) is 3.35. The first kappa shape index (κ1) is 12.7. The smallest absolute Gasteiger partial charge is 0.154 e. The third-order valence-electron chi connectivity index (χ3n) is 2.06. The summed E-state index contributed by atoms with van der Waals surface area (Å²) in [6, 6.07) is 0. The van der Waals surface area contributed by atoms with Crippen LogP contribution in [0.25, 0.3) is 0 Å². The lowest BCUT2D eigenvalue weighted by Crippen LogP contribution is -2.23. The topological polar surface area (TPSA) is 52.6 Å². The van der Waals surface area contributed by atoms with Gasteiger partial charge in [0.25, 0.3) is 0 Å². The average Bonchev–Trinajstić information content (AvgIpc) is 2.34. The molecule has 1 rings (SSSR count). The fourth-order valence-electron chi connectivity index (χ4n) is 1.36. The van der Waals surface area contributed by atoms with Gasteiger partial charge < -0.3 is 9.47 Å². The SMILES string of the molecule is COCCCOC1CS(=O)(=O)CC1I. The zero-order valence-electron chi connectivity index (χ0n) is 8.11. The second-order valence-corrected chi connectivity index (χ2v) is 7.10. The molecule has 1 aliphatic heterocycles. The van der Waals surface area contributed by atoms with E-state index < -0.39 is 9.84 Å². The van der Waals surface area contributed by atoms with Crippen LogP contribution in [0.4, 0.5) is 0 Å². The molecule has 0 N–H and O–H groups in total. The van der Waals surface area contributed by atoms with Crippen LogP contribution in [-0.2, 0) is 19.3 Å². The zero-order chi connectivity index (χ0) is 10.6. The molecule has 2 atom stereocenters. The van der Waals surface area contributed by atoms with Crippen LogP contribution < -0.4 is 0 Å². The summed E-state index contributed by atoms with van der Waals surface area (Å²) in [4.78, 5) is 0. The number of hydrogen-bond donors (Lipinski definition) is 0. The van der Waals surface area contributed by atoms with Crippen molar-refractivity contribution < 1.29 is 17.9 Å². The van der Waals surface area contributed by atoms with Crippen LogP contribution in [-0.4, -0.2) is 50.3 Å². The van der Waals surface area contributed by atoms with Gasteiger partial charge in [-0.3, -0.25) is 0 Å². The summed E-state index contributed by atoms with van der Waals surface area (Å²) in [6.07, 6.45) is 0.689. The minimum Gasteiger partial charge on any atom is -0.385 e. The number of alkyl halides is 1. The van der Waals surface area contributed by atoms with Crippen LogP contribution >= 0.6 is 22.6 Å². The second kappa shape index (κ2) is 5.62. The molecule has 0 aromatic rings. The Bertz CT molecular complexity index is 265. The Morgan fingerprint density at radius 1 is 1.36 bits per heavy atom. The van der Waals surface area contributed by atoms with E-state index in [0.717, 1.165) is 6.42 Å². The van der Waals surface area contributed by atoms with Gasteiger partial charge in [0.15, 0.2) is 9.84 Å². The molecule has 1 saturated heterocycles. The van der Waals surface area contributed by atoms with Crippen molar-refractivity contribution in [1.82, 2.24) is 0 Å². The number of hydrogen-bond acceptors (Lipinski definition) is 4. The first-order valence-electron chi connectivity index (χ1n) is 4.50. The van der Waals surface area contributed by atoms with E-state index in [1.165, 1.54) is 0 Å². The molecule has 0 radical (unpaired) electrons. The summed E-state index contributed by atoms with van der Waals surface area (Å²) < 4.78 is 32.9. The lowest BCUT2D eigenvalue weighted by atomic mass is 10.3. The van der Waals surface area contributed by atoms with Crippen LogP contribution in [0, 0.1) is 0 Å². The molecule has 6 heteroatoms. The largest absolute Gasteiger partial charge is 0.385 e. The average molecular weight is 334 g/mol. The summed E-state index contributed by atoms with van der Waals surface area (Å²) in [5, 5.41) is 0. The quantitative estimate of drug-likeness (QED) is 0.421. The molecule has 14 heavy (non-hydrogen) atoms. The number of ether oxygens (including phenoxy) is 2. The minimum atomic E-state index is -2.85. The highest BCUT2D eigenvalue weighted by Gasteiger charge is 2.36. The predicted molar refractivity (Wildman–Crippen MR) is 62.7 cm³/mol. The van der Waals surface area contributed by atoms with Crippen LogP contribution in [0.5, 0.6) is 0 Å². The van der Waals surface area contributed by atoms with E-state index in [1.54, 1.807) is 7.11 Å². The monoisotopic (exact) mass is 334 g/mol. The van der Waals surface area contributed by atoms with E-state index in [4.69, 9.17) is 9.47 Å². The van der Waals surface area contributed by atoms with Crippen molar-refractivity contribution in [1.29, 1.82) is 0 Å². The first-order valence-corrected chi connectivity index (χ1v) is 7.57. The van der Waals surface area contributed by atoms with Crippen molar-refractivity contribution in [2.45, 2.75) is 16.4 Å². The van der Waals surface area contributed by atoms with Crippen molar-refractivity contribution in [3.05, 3.63) is 0 Å². The lowest BCUT2D eigenvalue weighted by molar-refractivity contribution is 0.0595. The Morgan fingerprint density at radius 2 is 2.07 bits per heavy atom. The molecule has 1 heterocycles. The van der Waals surface area contributed by atoms with Gasteiger partial charge in [0.05, 0.1) is 21.5 Å². The van der Waals surface area contributed by atoms with Crippen molar-refractivity contribution in [3.63, 3.8) is 0 Å². The van der Waals surface area contributed by atoms with Crippen LogP contribution in [0.15, 0.2) is 0 Å². The summed E-state index contributed by atoms with van der Waals surface area (Å²) in [5.41, 5.74) is 0. The third kappa shape index (κ3) is 4.00. The van der Waals surface area contributed by atoms with E-state index in [0.29, 0.717) is 13.2 Å². The molecule has 1 fully saturated rings. The maximum absolute atomic E-state index is 11.2. The molecule has 0 spiro atoms. The molecule has 0 aromatic carbocycles. The number of rotatable bonds is 5. The lowest BCUT2D eigenvalue weighted by Gasteiger charge is -2.13. The first-order chi connectivity index (χ1) is 6.55. The summed E-state index contributed by atoms with van der Waals surface area (Å²) in [6.45, 7) is 1.24. The number of sulfone groups is 1. The van der Waals surface area contributed by atoms with Crippen molar-refractivity contribution in [3.8, 4) is 0 Å². The van der Waals surface area contributed by atoms with Gasteiger partial charge >= 0.3 is 0 Å². The summed E-state index contributed by atoms with van der Waals surface area (Å²) >= 11 is 2.14. The molecule has 2 unspecified atom stereocenters. The summed E-state index contributed by atoms with van der Waals surface area (Å²) in [7, 11) is -1.21. The van der Waals surface area contributed by atoms with Crippen LogP contribution in [0.3, 0.4) is 0 Å². The number of methoxy groups -OCH3 is 1. The van der Waals surface area contributed by atoms with Crippen molar-refractivity contribution in [2.75, 3.05) is 31.8 Å². The molecule has 1 aliphatic rings. The Balaban J connectivity index is 2.25. The Hall–Kier alpha value is 0.600. The molecule has 4 nitrogen and oxygen atoms in total. The van der Waals surface area contributed by atoms with E-state index in [1.807, 2.05) is 0 Å². The number of halogens is 1. The van der Waals surface area contributed by atoms with E-state index in [9.17, 15) is 8.42 Å². The van der Waals surface area contributed by atoms with Gasteiger partial charge in [-0.25, -0.2) is 8.42 Å². The van der Waals surface area contributed by atoms with E-state index >= 15 is 0 Å². The fraction of sp³-hybridized carbons (Fsp3) is 1.00. The van der Waals surface area contributed by atoms with Crippen molar-refractivity contribution in [2.24, 2.45) is 0 Å². The van der Waals surface area contributed by atoms with Crippen molar-refractivity contribution >= 4 is 32.4 Å². The third-order valence-corrected chi connectivity index (χ3v) is 5.60. The van der Waals surface area contributed by atoms with E-state index in [2.05, 4.69) is 22.6 Å². The minimum absolute atomic E-state index is 0.0974. The molecular weight excluding hydrogens is 319 g/mol. The molecular formula is C8H15IO4S. The van der Waals surface area contributed by atoms with Crippen LogP contribution in [0.2, 0.25) is 0 Å². The molecule has 0 amide bonds. The van der Waals surface area contributed by atoms with Gasteiger partial charge in [-0.15, -0.1) is 0 Å². The van der Waals surface area contributed by atoms with Gasteiger partial charge in [0.1, 0.15) is 0 Å². The van der Waals surface area contributed by atoms with Gasteiger partial charge in [-0.05, 0) is 6.42 Å². The predicted octanol–water partition coefficient (Wildman–Crippen LogP) is 0.640. The van der Waals surface area contributed by atoms with Gasteiger partial charge in [-0.1, -0.05) is 22.6 Å². The van der Waals surface area contributed by atoms with Gasteiger partial charge in [0.2, 0.25) is 0 Å². The van der Waals surface area contributed by atoms with Gasteiger partial charge in [-0.2, -0.15) is 0 Å². The Labute approximate surface area is 98.4 Å².